The Bertz CT molecular complexity index is 711. The van der Waals surface area contributed by atoms with Crippen LogP contribution in [-0.4, -0.2) is 32.9 Å². The highest BCUT2D eigenvalue weighted by molar-refractivity contribution is 5.18. The maximum Gasteiger partial charge on any atom is 0.254 e. The molecule has 0 aliphatic carbocycles. The van der Waals surface area contributed by atoms with Crippen molar-refractivity contribution < 1.29 is 0 Å². The van der Waals surface area contributed by atoms with Crippen molar-refractivity contribution in [2.24, 2.45) is 0 Å². The van der Waals surface area contributed by atoms with E-state index in [0.29, 0.717) is 5.92 Å². The third-order valence-corrected chi connectivity index (χ3v) is 4.64. The average molecular weight is 312 g/mol. The van der Waals surface area contributed by atoms with E-state index in [0.717, 1.165) is 56.0 Å². The van der Waals surface area contributed by atoms with E-state index in [1.165, 1.54) is 5.56 Å². The Kier molecular flexibility index (Phi) is 4.86. The molecule has 0 amide bonds. The van der Waals surface area contributed by atoms with Gasteiger partial charge in [0.15, 0.2) is 0 Å². The number of H-pyrrole nitrogens is 1. The summed E-state index contributed by atoms with van der Waals surface area (Å²) in [7, 11) is 0. The normalized spacial score (nSPS) is 19.0. The quantitative estimate of drug-likeness (QED) is 0.942. The molecule has 1 atom stereocenters. The minimum absolute atomic E-state index is 0.0289. The van der Waals surface area contributed by atoms with Crippen LogP contribution < -0.4 is 5.56 Å². The zero-order valence-corrected chi connectivity index (χ0v) is 13.9. The van der Waals surface area contributed by atoms with E-state index in [4.69, 9.17) is 0 Å². The lowest BCUT2D eigenvalue weighted by Crippen LogP contribution is -2.35. The minimum atomic E-state index is 0.0289. The van der Waals surface area contributed by atoms with Gasteiger partial charge in [-0.2, -0.15) is 0 Å². The van der Waals surface area contributed by atoms with Crippen LogP contribution in [0.2, 0.25) is 0 Å². The summed E-state index contributed by atoms with van der Waals surface area (Å²) in [4.78, 5) is 26.4. The number of hydrogen-bond donors (Lipinski definition) is 1. The zero-order valence-electron chi connectivity index (χ0n) is 13.9. The molecule has 2 aromatic rings. The van der Waals surface area contributed by atoms with E-state index in [-0.39, 0.29) is 5.56 Å². The SMILES string of the molecule is CCc1c(C)nc(C2CCCN(Cc3ccncc3)C2)[nH]c1=O. The van der Waals surface area contributed by atoms with Crippen molar-refractivity contribution in [1.82, 2.24) is 19.9 Å². The molecule has 5 nitrogen and oxygen atoms in total. The molecular formula is C18H24N4O. The van der Waals surface area contributed by atoms with Crippen molar-refractivity contribution in [2.45, 2.75) is 45.6 Å². The second-order valence-corrected chi connectivity index (χ2v) is 6.30. The highest BCUT2D eigenvalue weighted by Gasteiger charge is 2.24. The topological polar surface area (TPSA) is 61.9 Å². The summed E-state index contributed by atoms with van der Waals surface area (Å²) in [6.07, 6.45) is 6.62. The van der Waals surface area contributed by atoms with E-state index >= 15 is 0 Å². The number of aryl methyl sites for hydroxylation is 1. The van der Waals surface area contributed by atoms with E-state index in [2.05, 4.69) is 32.0 Å². The highest BCUT2D eigenvalue weighted by Crippen LogP contribution is 2.25. The molecule has 122 valence electrons. The third kappa shape index (κ3) is 3.67. The highest BCUT2D eigenvalue weighted by atomic mass is 16.1. The second-order valence-electron chi connectivity index (χ2n) is 6.30. The molecule has 0 aromatic carbocycles. The van der Waals surface area contributed by atoms with Gasteiger partial charge < -0.3 is 4.98 Å². The number of nitrogens with zero attached hydrogens (tertiary/aromatic N) is 3. The molecule has 1 aliphatic heterocycles. The Morgan fingerprint density at radius 3 is 2.83 bits per heavy atom. The van der Waals surface area contributed by atoms with Crippen LogP contribution in [0.4, 0.5) is 0 Å². The molecule has 1 aliphatic rings. The number of piperidine rings is 1. The van der Waals surface area contributed by atoms with Gasteiger partial charge in [-0.05, 0) is 50.4 Å². The van der Waals surface area contributed by atoms with Gasteiger partial charge in [0.25, 0.3) is 5.56 Å². The molecular weight excluding hydrogens is 288 g/mol. The van der Waals surface area contributed by atoms with Gasteiger partial charge in [-0.15, -0.1) is 0 Å². The lowest BCUT2D eigenvalue weighted by molar-refractivity contribution is 0.196. The fourth-order valence-corrected chi connectivity index (χ4v) is 3.41. The largest absolute Gasteiger partial charge is 0.310 e. The van der Waals surface area contributed by atoms with E-state index in [1.807, 2.05) is 26.2 Å². The molecule has 2 aromatic heterocycles. The predicted octanol–water partition coefficient (Wildman–Crippen LogP) is 2.42. The van der Waals surface area contributed by atoms with Crippen LogP contribution in [0.5, 0.6) is 0 Å². The molecule has 3 heterocycles. The Balaban J connectivity index is 1.75. The van der Waals surface area contributed by atoms with Gasteiger partial charge in [-0.1, -0.05) is 6.92 Å². The Morgan fingerprint density at radius 2 is 2.13 bits per heavy atom. The first-order valence-corrected chi connectivity index (χ1v) is 8.38. The van der Waals surface area contributed by atoms with Crippen LogP contribution in [0.15, 0.2) is 29.3 Å². The molecule has 5 heteroatoms. The number of likely N-dealkylation sites (tertiary alicyclic amines) is 1. The van der Waals surface area contributed by atoms with E-state index in [9.17, 15) is 4.79 Å². The van der Waals surface area contributed by atoms with Gasteiger partial charge in [0.05, 0.1) is 0 Å². The van der Waals surface area contributed by atoms with E-state index in [1.54, 1.807) is 0 Å². The van der Waals surface area contributed by atoms with Crippen LogP contribution in [-0.2, 0) is 13.0 Å². The van der Waals surface area contributed by atoms with Gasteiger partial charge in [0, 0.05) is 42.7 Å². The van der Waals surface area contributed by atoms with Gasteiger partial charge >= 0.3 is 0 Å². The van der Waals surface area contributed by atoms with Crippen LogP contribution >= 0.6 is 0 Å². The average Bonchev–Trinajstić information content (AvgIpc) is 2.56. The summed E-state index contributed by atoms with van der Waals surface area (Å²) in [5, 5.41) is 0. The first-order valence-electron chi connectivity index (χ1n) is 8.38. The molecule has 0 bridgehead atoms. The van der Waals surface area contributed by atoms with Crippen molar-refractivity contribution in [1.29, 1.82) is 0 Å². The Morgan fingerprint density at radius 1 is 1.35 bits per heavy atom. The number of aromatic amines is 1. The molecule has 23 heavy (non-hydrogen) atoms. The lowest BCUT2D eigenvalue weighted by Gasteiger charge is -2.32. The van der Waals surface area contributed by atoms with Crippen molar-refractivity contribution in [2.75, 3.05) is 13.1 Å². The van der Waals surface area contributed by atoms with Gasteiger partial charge in [-0.25, -0.2) is 4.98 Å². The number of pyridine rings is 1. The lowest BCUT2D eigenvalue weighted by atomic mass is 9.96. The van der Waals surface area contributed by atoms with Crippen LogP contribution in [0.3, 0.4) is 0 Å². The Labute approximate surface area is 136 Å². The zero-order chi connectivity index (χ0) is 16.2. The summed E-state index contributed by atoms with van der Waals surface area (Å²) < 4.78 is 0. The number of aromatic nitrogens is 3. The molecule has 1 N–H and O–H groups in total. The molecule has 1 saturated heterocycles. The van der Waals surface area contributed by atoms with Crippen LogP contribution in [0.1, 0.15) is 48.3 Å². The van der Waals surface area contributed by atoms with Gasteiger partial charge in [0.2, 0.25) is 0 Å². The van der Waals surface area contributed by atoms with Crippen LogP contribution in [0.25, 0.3) is 0 Å². The summed E-state index contributed by atoms with van der Waals surface area (Å²) in [5.74, 6) is 1.16. The first-order chi connectivity index (χ1) is 11.2. The van der Waals surface area contributed by atoms with E-state index < -0.39 is 0 Å². The Hall–Kier alpha value is -2.01. The van der Waals surface area contributed by atoms with Crippen molar-refractivity contribution in [3.05, 3.63) is 57.5 Å². The predicted molar refractivity (Wildman–Crippen MR) is 90.5 cm³/mol. The standard InChI is InChI=1S/C18H24N4O/c1-3-16-13(2)20-17(21-18(16)23)15-5-4-10-22(12-15)11-14-6-8-19-9-7-14/h6-9,15H,3-5,10-12H2,1-2H3,(H,20,21,23). The monoisotopic (exact) mass is 312 g/mol. The number of hydrogen-bond acceptors (Lipinski definition) is 4. The van der Waals surface area contributed by atoms with Crippen molar-refractivity contribution in [3.8, 4) is 0 Å². The molecule has 0 spiro atoms. The van der Waals surface area contributed by atoms with Gasteiger partial charge in [-0.3, -0.25) is 14.7 Å². The molecule has 1 fully saturated rings. The summed E-state index contributed by atoms with van der Waals surface area (Å²) in [6.45, 7) is 6.89. The van der Waals surface area contributed by atoms with Crippen molar-refractivity contribution >= 4 is 0 Å². The number of nitrogens with one attached hydrogen (secondary N) is 1. The first kappa shape index (κ1) is 15.9. The maximum absolute atomic E-state index is 12.2. The molecule has 0 radical (unpaired) electrons. The third-order valence-electron chi connectivity index (χ3n) is 4.64. The molecule has 1 unspecified atom stereocenters. The number of rotatable bonds is 4. The second kappa shape index (κ2) is 7.04. The van der Waals surface area contributed by atoms with Crippen molar-refractivity contribution in [3.63, 3.8) is 0 Å². The van der Waals surface area contributed by atoms with Crippen LogP contribution in [0, 0.1) is 6.92 Å². The minimum Gasteiger partial charge on any atom is -0.310 e. The fraction of sp³-hybridized carbons (Fsp3) is 0.500. The summed E-state index contributed by atoms with van der Waals surface area (Å²) in [5.41, 5.74) is 2.98. The smallest absolute Gasteiger partial charge is 0.254 e. The molecule has 3 rings (SSSR count). The fourth-order valence-electron chi connectivity index (χ4n) is 3.41. The molecule has 0 saturated carbocycles. The van der Waals surface area contributed by atoms with Gasteiger partial charge in [0.1, 0.15) is 5.82 Å². The summed E-state index contributed by atoms with van der Waals surface area (Å²) >= 11 is 0. The maximum atomic E-state index is 12.2. The summed E-state index contributed by atoms with van der Waals surface area (Å²) in [6, 6.07) is 4.12.